The molecule has 0 saturated carbocycles. The van der Waals surface area contributed by atoms with Gasteiger partial charge in [-0.1, -0.05) is 17.0 Å². The van der Waals surface area contributed by atoms with Gasteiger partial charge < -0.3 is 9.94 Å². The number of hydrogen-bond donors (Lipinski definition) is 0. The van der Waals surface area contributed by atoms with Gasteiger partial charge in [-0.25, -0.2) is 0 Å². The molecule has 8 heteroatoms. The summed E-state index contributed by atoms with van der Waals surface area (Å²) in [6, 6.07) is 6.70. The third kappa shape index (κ3) is 3.55. The Morgan fingerprint density at radius 3 is 2.77 bits per heavy atom. The molecule has 1 fully saturated rings. The lowest BCUT2D eigenvalue weighted by Crippen LogP contribution is -2.37. The van der Waals surface area contributed by atoms with Gasteiger partial charge in [-0.05, 0) is 25.1 Å². The lowest BCUT2D eigenvalue weighted by Gasteiger charge is -2.26. The summed E-state index contributed by atoms with van der Waals surface area (Å²) < 4.78 is 6.06. The van der Waals surface area contributed by atoms with Crippen LogP contribution < -0.4 is 4.43 Å². The number of hydrogen-bond acceptors (Lipinski definition) is 5. The van der Waals surface area contributed by atoms with Crippen molar-refractivity contribution >= 4 is 23.4 Å². The Bertz CT molecular complexity index is 685. The highest BCUT2D eigenvalue weighted by atomic mass is 35.5. The third-order valence-corrected chi connectivity index (χ3v) is 3.73. The molecule has 0 amide bonds. The molecule has 0 N–H and O–H groups in total. The van der Waals surface area contributed by atoms with Crippen LogP contribution >= 0.6 is 12.4 Å². The molecule has 0 atom stereocenters. The van der Waals surface area contributed by atoms with Crippen molar-refractivity contribution in [1.29, 1.82) is 0 Å². The second kappa shape index (κ2) is 7.53. The fourth-order valence-electron chi connectivity index (χ4n) is 2.57. The molecule has 0 unspecified atom stereocenters. The quantitative estimate of drug-likeness (QED) is 0.783. The molecule has 0 spiro atoms. The van der Waals surface area contributed by atoms with Gasteiger partial charge in [-0.2, -0.15) is 4.85 Å². The number of benzene rings is 1. The molecule has 1 aliphatic rings. The maximum Gasteiger partial charge on any atom is 0.367 e. The van der Waals surface area contributed by atoms with Crippen molar-refractivity contribution in [2.75, 3.05) is 32.8 Å². The van der Waals surface area contributed by atoms with E-state index in [9.17, 15) is 10.1 Å². The summed E-state index contributed by atoms with van der Waals surface area (Å²) in [7, 11) is 0. The van der Waals surface area contributed by atoms with Crippen molar-refractivity contribution in [1.82, 2.24) is 14.8 Å². The van der Waals surface area contributed by atoms with Gasteiger partial charge in [0.1, 0.15) is 5.52 Å². The minimum Gasteiger partial charge on any atom is -0.772 e. The van der Waals surface area contributed by atoms with Gasteiger partial charge in [-0.15, -0.1) is 12.4 Å². The average molecular weight is 327 g/mol. The fourth-order valence-corrected chi connectivity index (χ4v) is 2.57. The number of para-hydroxylation sites is 2. The van der Waals surface area contributed by atoms with Gasteiger partial charge in [0.15, 0.2) is 0 Å². The molecule has 1 aromatic carbocycles. The van der Waals surface area contributed by atoms with E-state index in [2.05, 4.69) is 10.00 Å². The van der Waals surface area contributed by atoms with E-state index in [1.807, 2.05) is 0 Å². The highest BCUT2D eigenvalue weighted by molar-refractivity contribution is 5.85. The van der Waals surface area contributed by atoms with Crippen LogP contribution in [0.1, 0.15) is 12.2 Å². The summed E-state index contributed by atoms with van der Waals surface area (Å²) >= 11 is 0. The molecular formula is C14H19ClN4O3. The maximum atomic E-state index is 12.2. The highest BCUT2D eigenvalue weighted by Crippen LogP contribution is 2.08. The normalized spacial score (nSPS) is 15.6. The Morgan fingerprint density at radius 1 is 1.27 bits per heavy atom. The molecule has 2 heterocycles. The topological polar surface area (TPSA) is 76.3 Å². The van der Waals surface area contributed by atoms with Crippen molar-refractivity contribution in [3.63, 3.8) is 0 Å². The lowest BCUT2D eigenvalue weighted by molar-refractivity contribution is -0.480. The molecule has 0 radical (unpaired) electrons. The Labute approximate surface area is 134 Å². The van der Waals surface area contributed by atoms with E-state index in [4.69, 9.17) is 4.74 Å². The number of ether oxygens (including phenoxy) is 1. The first-order valence-electron chi connectivity index (χ1n) is 7.17. The zero-order valence-corrected chi connectivity index (χ0v) is 13.0. The van der Waals surface area contributed by atoms with Crippen LogP contribution in [-0.4, -0.2) is 47.7 Å². The van der Waals surface area contributed by atoms with E-state index in [-0.39, 0.29) is 18.2 Å². The van der Waals surface area contributed by atoms with Crippen molar-refractivity contribution in [3.05, 3.63) is 40.2 Å². The molecule has 7 nitrogen and oxygen atoms in total. The van der Waals surface area contributed by atoms with Crippen LogP contribution in [0.2, 0.25) is 0 Å². The number of fused-ring (bicyclic) bond motifs is 1. The van der Waals surface area contributed by atoms with Crippen molar-refractivity contribution < 1.29 is 9.16 Å². The van der Waals surface area contributed by atoms with Crippen molar-refractivity contribution in [3.8, 4) is 0 Å². The molecule has 3 rings (SSSR count). The molecule has 1 aromatic heterocycles. The number of halogens is 1. The van der Waals surface area contributed by atoms with Crippen molar-refractivity contribution in [2.45, 2.75) is 12.8 Å². The average Bonchev–Trinajstić information content (AvgIpc) is 2.53. The van der Waals surface area contributed by atoms with Gasteiger partial charge >= 0.3 is 5.82 Å². The zero-order valence-electron chi connectivity index (χ0n) is 12.2. The number of aromatic nitrogens is 3. The van der Waals surface area contributed by atoms with Crippen LogP contribution in [-0.2, 0) is 11.2 Å². The minimum atomic E-state index is 0. The third-order valence-electron chi connectivity index (χ3n) is 3.73. The monoisotopic (exact) mass is 326 g/mol. The van der Waals surface area contributed by atoms with Crippen LogP contribution in [0.25, 0.3) is 11.0 Å². The SMILES string of the molecule is Cl.O=[n+]1c(CCCN2CCOCC2)nn([O-])c2ccccc21. The van der Waals surface area contributed by atoms with Crippen LogP contribution in [0.15, 0.2) is 24.3 Å². The summed E-state index contributed by atoms with van der Waals surface area (Å²) in [5.41, 5.74) is 0.660. The Hall–Kier alpha value is -1.70. The predicted octanol–water partition coefficient (Wildman–Crippen LogP) is 0.983. The van der Waals surface area contributed by atoms with E-state index >= 15 is 0 Å². The van der Waals surface area contributed by atoms with E-state index in [1.165, 1.54) is 0 Å². The standard InChI is InChI=1S/C14H18N4O3.ClH/c19-17-12-4-1-2-5-13(12)18(20)15-14(17)6-3-7-16-8-10-21-11-9-16;/h1-2,4-5H,3,6-11H2;1H. The Balaban J connectivity index is 0.00000176. The van der Waals surface area contributed by atoms with Gasteiger partial charge in [0, 0.05) is 17.5 Å². The second-order valence-electron chi connectivity index (χ2n) is 5.13. The highest BCUT2D eigenvalue weighted by Gasteiger charge is 2.17. The van der Waals surface area contributed by atoms with Gasteiger partial charge in [0.2, 0.25) is 5.52 Å². The lowest BCUT2D eigenvalue weighted by atomic mass is 10.2. The largest absolute Gasteiger partial charge is 0.772 e. The molecule has 1 saturated heterocycles. The molecule has 120 valence electrons. The number of morpholine rings is 1. The van der Waals surface area contributed by atoms with Crippen LogP contribution in [0.3, 0.4) is 0 Å². The molecule has 1 aliphatic heterocycles. The summed E-state index contributed by atoms with van der Waals surface area (Å²) in [6.45, 7) is 4.25. The maximum absolute atomic E-state index is 12.2. The fraction of sp³-hybridized carbons (Fsp3) is 0.500. The second-order valence-corrected chi connectivity index (χ2v) is 5.13. The number of rotatable bonds is 4. The molecule has 2 aromatic rings. The zero-order chi connectivity index (χ0) is 14.7. The van der Waals surface area contributed by atoms with Crippen LogP contribution in [0.4, 0.5) is 0 Å². The van der Waals surface area contributed by atoms with Gasteiger partial charge in [0.25, 0.3) is 0 Å². The molecule has 0 aliphatic carbocycles. The van der Waals surface area contributed by atoms with E-state index in [0.29, 0.717) is 22.3 Å². The molecule has 0 bridgehead atoms. The Morgan fingerprint density at radius 2 is 2.00 bits per heavy atom. The summed E-state index contributed by atoms with van der Waals surface area (Å²) in [6.07, 6.45) is 1.29. The number of nitrogens with zero attached hydrogens (tertiary/aromatic N) is 4. The van der Waals surface area contributed by atoms with E-state index in [1.54, 1.807) is 24.3 Å². The molecule has 22 heavy (non-hydrogen) atoms. The number of aryl methyl sites for hydroxylation is 1. The summed E-state index contributed by atoms with van der Waals surface area (Å²) in [5.74, 6) is 0.275. The van der Waals surface area contributed by atoms with Gasteiger partial charge in [0.05, 0.1) is 24.7 Å². The van der Waals surface area contributed by atoms with Crippen LogP contribution in [0.5, 0.6) is 0 Å². The summed E-state index contributed by atoms with van der Waals surface area (Å²) in [5, 5.41) is 15.7. The summed E-state index contributed by atoms with van der Waals surface area (Å²) in [4.78, 5) is 15.1. The van der Waals surface area contributed by atoms with Gasteiger partial charge in [-0.3, -0.25) is 4.90 Å². The first kappa shape index (κ1) is 16.7. The Kier molecular flexibility index (Phi) is 5.70. The first-order chi connectivity index (χ1) is 10.3. The minimum absolute atomic E-state index is 0. The van der Waals surface area contributed by atoms with E-state index < -0.39 is 0 Å². The van der Waals surface area contributed by atoms with E-state index in [0.717, 1.165) is 43.7 Å². The first-order valence-corrected chi connectivity index (χ1v) is 7.17. The molecular weight excluding hydrogens is 308 g/mol. The van der Waals surface area contributed by atoms with Crippen LogP contribution in [0, 0.1) is 10.1 Å². The smallest absolute Gasteiger partial charge is 0.367 e. The predicted molar refractivity (Wildman–Crippen MR) is 84.7 cm³/mol. The van der Waals surface area contributed by atoms with Crippen molar-refractivity contribution in [2.24, 2.45) is 0 Å².